The van der Waals surface area contributed by atoms with E-state index in [4.69, 9.17) is 0 Å². The van der Waals surface area contributed by atoms with Crippen molar-refractivity contribution in [2.75, 3.05) is 17.2 Å². The molecule has 0 atom stereocenters. The van der Waals surface area contributed by atoms with E-state index in [1.807, 2.05) is 36.6 Å². The zero-order valence-electron chi connectivity index (χ0n) is 14.0. The van der Waals surface area contributed by atoms with E-state index in [1.165, 1.54) is 12.1 Å². The van der Waals surface area contributed by atoms with Gasteiger partial charge < -0.3 is 10.6 Å². The molecule has 25 heavy (non-hydrogen) atoms. The SMILES string of the molecule is Cc1nc(-c2cccc(NC(=O)CNc3ccc(F)cc3C)c2)cs1. The average molecular weight is 355 g/mol. The van der Waals surface area contributed by atoms with Gasteiger partial charge in [0.05, 0.1) is 17.2 Å². The molecule has 0 radical (unpaired) electrons. The van der Waals surface area contributed by atoms with E-state index in [9.17, 15) is 9.18 Å². The standard InChI is InChI=1S/C19H18FN3OS/c1-12-8-15(20)6-7-17(12)21-10-19(24)23-16-5-3-4-14(9-16)18-11-25-13(2)22-18/h3-9,11,21H,10H2,1-2H3,(H,23,24). The van der Waals surface area contributed by atoms with Gasteiger partial charge in [-0.3, -0.25) is 4.79 Å². The van der Waals surface area contributed by atoms with Gasteiger partial charge in [-0.1, -0.05) is 12.1 Å². The van der Waals surface area contributed by atoms with Crippen LogP contribution in [0.4, 0.5) is 15.8 Å². The van der Waals surface area contributed by atoms with Crippen LogP contribution in [0.15, 0.2) is 47.8 Å². The molecule has 0 saturated carbocycles. The summed E-state index contributed by atoms with van der Waals surface area (Å²) in [4.78, 5) is 16.6. The van der Waals surface area contributed by atoms with E-state index < -0.39 is 0 Å². The van der Waals surface area contributed by atoms with Gasteiger partial charge in [-0.2, -0.15) is 0 Å². The van der Waals surface area contributed by atoms with Gasteiger partial charge in [0, 0.05) is 22.3 Å². The van der Waals surface area contributed by atoms with Crippen LogP contribution in [0, 0.1) is 19.7 Å². The van der Waals surface area contributed by atoms with E-state index >= 15 is 0 Å². The summed E-state index contributed by atoms with van der Waals surface area (Å²) in [5.41, 5.74) is 4.07. The topological polar surface area (TPSA) is 54.0 Å². The normalized spacial score (nSPS) is 10.5. The van der Waals surface area contributed by atoms with Crippen LogP contribution in [-0.2, 0) is 4.79 Å². The zero-order chi connectivity index (χ0) is 17.8. The molecule has 0 aliphatic rings. The van der Waals surface area contributed by atoms with Gasteiger partial charge in [0.25, 0.3) is 0 Å². The number of benzene rings is 2. The highest BCUT2D eigenvalue weighted by Gasteiger charge is 2.07. The maximum Gasteiger partial charge on any atom is 0.243 e. The second-order valence-electron chi connectivity index (χ2n) is 5.69. The first-order valence-corrected chi connectivity index (χ1v) is 8.71. The van der Waals surface area contributed by atoms with Crippen molar-refractivity contribution in [1.82, 2.24) is 4.98 Å². The fraction of sp³-hybridized carbons (Fsp3) is 0.158. The minimum absolute atomic E-state index is 0.104. The largest absolute Gasteiger partial charge is 0.376 e. The summed E-state index contributed by atoms with van der Waals surface area (Å²) < 4.78 is 13.1. The number of hydrogen-bond acceptors (Lipinski definition) is 4. The highest BCUT2D eigenvalue weighted by molar-refractivity contribution is 7.09. The van der Waals surface area contributed by atoms with Crippen LogP contribution in [0.5, 0.6) is 0 Å². The number of hydrogen-bond donors (Lipinski definition) is 2. The number of nitrogens with zero attached hydrogens (tertiary/aromatic N) is 1. The van der Waals surface area contributed by atoms with Crippen molar-refractivity contribution >= 4 is 28.6 Å². The second-order valence-corrected chi connectivity index (χ2v) is 6.76. The van der Waals surface area contributed by atoms with E-state index in [2.05, 4.69) is 15.6 Å². The molecule has 128 valence electrons. The number of carbonyl (C=O) groups excluding carboxylic acids is 1. The Morgan fingerprint density at radius 2 is 2.04 bits per heavy atom. The van der Waals surface area contributed by atoms with Crippen molar-refractivity contribution < 1.29 is 9.18 Å². The second kappa shape index (κ2) is 7.44. The van der Waals surface area contributed by atoms with E-state index in [1.54, 1.807) is 24.3 Å². The quantitative estimate of drug-likeness (QED) is 0.702. The molecule has 0 saturated heterocycles. The summed E-state index contributed by atoms with van der Waals surface area (Å²) in [6.45, 7) is 3.86. The molecule has 2 N–H and O–H groups in total. The first kappa shape index (κ1) is 17.1. The zero-order valence-corrected chi connectivity index (χ0v) is 14.8. The van der Waals surface area contributed by atoms with Crippen LogP contribution < -0.4 is 10.6 Å². The highest BCUT2D eigenvalue weighted by Crippen LogP contribution is 2.24. The number of nitrogens with one attached hydrogen (secondary N) is 2. The summed E-state index contributed by atoms with van der Waals surface area (Å²) in [5.74, 6) is -0.461. The average Bonchev–Trinajstić information content (AvgIpc) is 3.01. The van der Waals surface area contributed by atoms with Crippen molar-refractivity contribution in [3.63, 3.8) is 0 Å². The lowest BCUT2D eigenvalue weighted by Gasteiger charge is -2.10. The van der Waals surface area contributed by atoms with Crippen molar-refractivity contribution in [2.45, 2.75) is 13.8 Å². The monoisotopic (exact) mass is 355 g/mol. The van der Waals surface area contributed by atoms with E-state index in [0.717, 1.165) is 27.5 Å². The Balaban J connectivity index is 1.63. The number of aromatic nitrogens is 1. The molecule has 0 aliphatic carbocycles. The van der Waals surface area contributed by atoms with Gasteiger partial charge in [-0.15, -0.1) is 11.3 Å². The number of thiazole rings is 1. The molecule has 1 aromatic heterocycles. The molecule has 0 aliphatic heterocycles. The molecule has 0 unspecified atom stereocenters. The smallest absolute Gasteiger partial charge is 0.243 e. The Morgan fingerprint density at radius 3 is 2.76 bits per heavy atom. The van der Waals surface area contributed by atoms with Gasteiger partial charge >= 0.3 is 0 Å². The summed E-state index contributed by atoms with van der Waals surface area (Å²) in [6, 6.07) is 12.0. The molecule has 0 bridgehead atoms. The Morgan fingerprint density at radius 1 is 1.20 bits per heavy atom. The van der Waals surface area contributed by atoms with Crippen molar-refractivity contribution in [3.05, 3.63) is 64.2 Å². The van der Waals surface area contributed by atoms with E-state index in [0.29, 0.717) is 5.69 Å². The molecule has 2 aromatic carbocycles. The molecule has 0 spiro atoms. The molecule has 4 nitrogen and oxygen atoms in total. The Kier molecular flexibility index (Phi) is 5.09. The summed E-state index contributed by atoms with van der Waals surface area (Å²) in [5, 5.41) is 8.88. The van der Waals surface area contributed by atoms with Crippen LogP contribution >= 0.6 is 11.3 Å². The third-order valence-corrected chi connectivity index (χ3v) is 4.46. The Bertz CT molecular complexity index is 907. The molecule has 1 amide bonds. The van der Waals surface area contributed by atoms with E-state index in [-0.39, 0.29) is 18.3 Å². The Labute approximate surface area is 149 Å². The van der Waals surface area contributed by atoms with Crippen LogP contribution in [0.25, 0.3) is 11.3 Å². The van der Waals surface area contributed by atoms with Gasteiger partial charge in [0.15, 0.2) is 0 Å². The van der Waals surface area contributed by atoms with Crippen LogP contribution in [0.2, 0.25) is 0 Å². The molecule has 6 heteroatoms. The fourth-order valence-electron chi connectivity index (χ4n) is 2.46. The van der Waals surface area contributed by atoms with Crippen LogP contribution in [-0.4, -0.2) is 17.4 Å². The summed E-state index contributed by atoms with van der Waals surface area (Å²) >= 11 is 1.59. The summed E-state index contributed by atoms with van der Waals surface area (Å²) in [7, 11) is 0. The number of rotatable bonds is 5. The molecular formula is C19H18FN3OS. The fourth-order valence-corrected chi connectivity index (χ4v) is 3.08. The van der Waals surface area contributed by atoms with Gasteiger partial charge in [0.1, 0.15) is 5.82 Å². The molecular weight excluding hydrogens is 337 g/mol. The van der Waals surface area contributed by atoms with Crippen LogP contribution in [0.3, 0.4) is 0 Å². The maximum atomic E-state index is 13.1. The van der Waals surface area contributed by atoms with Crippen molar-refractivity contribution in [1.29, 1.82) is 0 Å². The number of anilines is 2. The first-order valence-electron chi connectivity index (χ1n) is 7.84. The number of halogens is 1. The van der Waals surface area contributed by atoms with Crippen LogP contribution in [0.1, 0.15) is 10.6 Å². The molecule has 3 aromatic rings. The predicted molar refractivity (Wildman–Crippen MR) is 101 cm³/mol. The maximum absolute atomic E-state index is 13.1. The minimum Gasteiger partial charge on any atom is -0.376 e. The third kappa shape index (κ3) is 4.42. The first-order chi connectivity index (χ1) is 12.0. The number of amides is 1. The van der Waals surface area contributed by atoms with Crippen molar-refractivity contribution in [3.8, 4) is 11.3 Å². The third-order valence-electron chi connectivity index (χ3n) is 3.69. The van der Waals surface area contributed by atoms with Gasteiger partial charge in [-0.25, -0.2) is 9.37 Å². The van der Waals surface area contributed by atoms with Gasteiger partial charge in [-0.05, 0) is 49.7 Å². The predicted octanol–water partition coefficient (Wildman–Crippen LogP) is 4.62. The lowest BCUT2D eigenvalue weighted by Crippen LogP contribution is -2.22. The summed E-state index contributed by atoms with van der Waals surface area (Å²) in [6.07, 6.45) is 0. The lowest BCUT2D eigenvalue weighted by atomic mass is 10.1. The van der Waals surface area contributed by atoms with Crippen molar-refractivity contribution in [2.24, 2.45) is 0 Å². The minimum atomic E-state index is -0.290. The molecule has 0 fully saturated rings. The highest BCUT2D eigenvalue weighted by atomic mass is 32.1. The number of carbonyl (C=O) groups is 1. The lowest BCUT2D eigenvalue weighted by molar-refractivity contribution is -0.114. The number of aryl methyl sites for hydroxylation is 2. The van der Waals surface area contributed by atoms with Gasteiger partial charge in [0.2, 0.25) is 5.91 Å². The molecule has 1 heterocycles. The molecule has 3 rings (SSSR count). The Hall–Kier alpha value is -2.73.